The van der Waals surface area contributed by atoms with Crippen LogP contribution in [0.25, 0.3) is 11.0 Å². The standard InChI is InChI=1S/C24H23FN4O2S/c1-3-16(2)17-8-12-19(13-9-17)26-23-24(28-22-7-5-4-6-21(22)27-23)29-32(30,31)20-14-10-18(25)11-15-20/h4-16H,3H2,1-2H3,(H,26,27)(H,28,29). The van der Waals surface area contributed by atoms with Gasteiger partial charge in [0.2, 0.25) is 0 Å². The van der Waals surface area contributed by atoms with Gasteiger partial charge in [-0.15, -0.1) is 0 Å². The van der Waals surface area contributed by atoms with Gasteiger partial charge in [0.25, 0.3) is 10.0 Å². The number of rotatable bonds is 7. The van der Waals surface area contributed by atoms with Crippen molar-refractivity contribution < 1.29 is 12.8 Å². The lowest BCUT2D eigenvalue weighted by Gasteiger charge is -2.15. The van der Waals surface area contributed by atoms with Crippen molar-refractivity contribution >= 4 is 38.4 Å². The Balaban J connectivity index is 1.71. The molecule has 2 N–H and O–H groups in total. The molecule has 164 valence electrons. The number of hydrogen-bond acceptors (Lipinski definition) is 5. The average Bonchev–Trinajstić information content (AvgIpc) is 2.79. The van der Waals surface area contributed by atoms with Gasteiger partial charge < -0.3 is 5.32 Å². The van der Waals surface area contributed by atoms with Crippen molar-refractivity contribution in [2.75, 3.05) is 10.0 Å². The highest BCUT2D eigenvalue weighted by atomic mass is 32.2. The fourth-order valence-electron chi connectivity index (χ4n) is 3.23. The van der Waals surface area contributed by atoms with Gasteiger partial charge in [-0.1, -0.05) is 38.1 Å². The number of para-hydroxylation sites is 2. The van der Waals surface area contributed by atoms with Gasteiger partial charge in [0.1, 0.15) is 5.82 Å². The molecule has 1 unspecified atom stereocenters. The van der Waals surface area contributed by atoms with E-state index in [4.69, 9.17) is 0 Å². The Morgan fingerprint density at radius 3 is 2.06 bits per heavy atom. The van der Waals surface area contributed by atoms with Gasteiger partial charge in [-0.2, -0.15) is 0 Å². The molecule has 0 saturated carbocycles. The van der Waals surface area contributed by atoms with E-state index in [1.807, 2.05) is 30.3 Å². The highest BCUT2D eigenvalue weighted by Crippen LogP contribution is 2.28. The summed E-state index contributed by atoms with van der Waals surface area (Å²) in [5.41, 5.74) is 3.14. The number of nitrogens with one attached hydrogen (secondary N) is 2. The first kappa shape index (κ1) is 21.7. The summed E-state index contributed by atoms with van der Waals surface area (Å²) in [4.78, 5) is 8.97. The molecule has 6 nitrogen and oxygen atoms in total. The van der Waals surface area contributed by atoms with E-state index in [1.165, 1.54) is 17.7 Å². The summed E-state index contributed by atoms with van der Waals surface area (Å²) in [6.45, 7) is 4.31. The van der Waals surface area contributed by atoms with Crippen LogP contribution in [0.1, 0.15) is 31.7 Å². The van der Waals surface area contributed by atoms with Crippen molar-refractivity contribution in [2.45, 2.75) is 31.1 Å². The molecule has 0 radical (unpaired) electrons. The summed E-state index contributed by atoms with van der Waals surface area (Å²) in [5.74, 6) is 0.255. The van der Waals surface area contributed by atoms with E-state index in [2.05, 4.69) is 33.9 Å². The second-order valence-corrected chi connectivity index (χ2v) is 9.21. The van der Waals surface area contributed by atoms with Gasteiger partial charge in [0.05, 0.1) is 15.9 Å². The fraction of sp³-hybridized carbons (Fsp3) is 0.167. The first-order chi connectivity index (χ1) is 15.4. The Bertz CT molecular complexity index is 1340. The lowest BCUT2D eigenvalue weighted by molar-refractivity contribution is 0.599. The van der Waals surface area contributed by atoms with Gasteiger partial charge in [-0.05, 0) is 66.4 Å². The monoisotopic (exact) mass is 450 g/mol. The summed E-state index contributed by atoms with van der Waals surface area (Å²) in [5, 5.41) is 3.17. The summed E-state index contributed by atoms with van der Waals surface area (Å²) >= 11 is 0. The highest BCUT2D eigenvalue weighted by Gasteiger charge is 2.19. The molecule has 0 bridgehead atoms. The number of nitrogens with zero attached hydrogens (tertiary/aromatic N) is 2. The normalized spacial score (nSPS) is 12.5. The number of aromatic nitrogens is 2. The van der Waals surface area contributed by atoms with E-state index in [9.17, 15) is 12.8 Å². The molecule has 1 heterocycles. The molecule has 0 fully saturated rings. The SMILES string of the molecule is CCC(C)c1ccc(Nc2nc3ccccc3nc2NS(=O)(=O)c2ccc(F)cc2)cc1. The van der Waals surface area contributed by atoms with Crippen LogP contribution in [0.15, 0.2) is 77.7 Å². The van der Waals surface area contributed by atoms with Gasteiger partial charge in [-0.25, -0.2) is 22.8 Å². The minimum absolute atomic E-state index is 0.0547. The van der Waals surface area contributed by atoms with E-state index in [-0.39, 0.29) is 16.5 Å². The number of fused-ring (bicyclic) bond motifs is 1. The fourth-order valence-corrected chi connectivity index (χ4v) is 4.23. The van der Waals surface area contributed by atoms with E-state index >= 15 is 0 Å². The van der Waals surface area contributed by atoms with Gasteiger partial charge in [-0.3, -0.25) is 4.72 Å². The molecule has 0 aliphatic heterocycles. The smallest absolute Gasteiger partial charge is 0.263 e. The first-order valence-corrected chi connectivity index (χ1v) is 11.8. The number of benzene rings is 3. The Morgan fingerprint density at radius 2 is 1.47 bits per heavy atom. The quantitative estimate of drug-likeness (QED) is 0.370. The average molecular weight is 451 g/mol. The Labute approximate surface area is 186 Å². The molecule has 0 aliphatic rings. The number of sulfonamides is 1. The molecule has 8 heteroatoms. The van der Waals surface area contributed by atoms with Crippen LogP contribution in [-0.2, 0) is 10.0 Å². The zero-order valence-corrected chi connectivity index (χ0v) is 18.5. The lowest BCUT2D eigenvalue weighted by Crippen LogP contribution is -2.16. The molecule has 0 saturated heterocycles. The molecule has 3 aromatic carbocycles. The molecule has 1 aromatic heterocycles. The van der Waals surface area contributed by atoms with Gasteiger partial charge in [0.15, 0.2) is 11.6 Å². The van der Waals surface area contributed by atoms with E-state index in [0.29, 0.717) is 17.0 Å². The summed E-state index contributed by atoms with van der Waals surface area (Å²) < 4.78 is 41.5. The predicted octanol–water partition coefficient (Wildman–Crippen LogP) is 5.83. The molecular weight excluding hydrogens is 427 g/mol. The molecule has 0 spiro atoms. The zero-order valence-electron chi connectivity index (χ0n) is 17.7. The third-order valence-corrected chi connectivity index (χ3v) is 6.64. The van der Waals surface area contributed by atoms with Crippen molar-refractivity contribution in [1.82, 2.24) is 9.97 Å². The van der Waals surface area contributed by atoms with E-state index < -0.39 is 15.8 Å². The first-order valence-electron chi connectivity index (χ1n) is 10.3. The van der Waals surface area contributed by atoms with E-state index in [0.717, 1.165) is 24.2 Å². The zero-order chi connectivity index (χ0) is 22.7. The van der Waals surface area contributed by atoms with Crippen molar-refractivity contribution in [3.8, 4) is 0 Å². The Kier molecular flexibility index (Phi) is 6.05. The van der Waals surface area contributed by atoms with Crippen LogP contribution >= 0.6 is 0 Å². The van der Waals surface area contributed by atoms with Crippen LogP contribution in [0.5, 0.6) is 0 Å². The third kappa shape index (κ3) is 4.70. The molecule has 0 amide bonds. The van der Waals surface area contributed by atoms with Crippen LogP contribution in [0, 0.1) is 5.82 Å². The largest absolute Gasteiger partial charge is 0.337 e. The van der Waals surface area contributed by atoms with Crippen molar-refractivity contribution in [3.05, 3.63) is 84.2 Å². The van der Waals surface area contributed by atoms with Crippen LogP contribution < -0.4 is 10.0 Å². The lowest BCUT2D eigenvalue weighted by atomic mass is 9.99. The molecule has 0 aliphatic carbocycles. The highest BCUT2D eigenvalue weighted by molar-refractivity contribution is 7.92. The van der Waals surface area contributed by atoms with Crippen molar-refractivity contribution in [3.63, 3.8) is 0 Å². The molecular formula is C24H23FN4O2S. The predicted molar refractivity (Wildman–Crippen MR) is 125 cm³/mol. The Hall–Kier alpha value is -3.52. The Morgan fingerprint density at radius 1 is 0.875 bits per heavy atom. The van der Waals surface area contributed by atoms with Crippen molar-refractivity contribution in [1.29, 1.82) is 0 Å². The minimum atomic E-state index is -3.99. The van der Waals surface area contributed by atoms with Gasteiger partial charge in [0, 0.05) is 5.69 Å². The summed E-state index contributed by atoms with van der Waals surface area (Å²) in [7, 11) is -3.99. The summed E-state index contributed by atoms with van der Waals surface area (Å²) in [6, 6.07) is 19.7. The maximum absolute atomic E-state index is 13.2. The van der Waals surface area contributed by atoms with E-state index in [1.54, 1.807) is 18.2 Å². The minimum Gasteiger partial charge on any atom is -0.337 e. The second-order valence-electron chi connectivity index (χ2n) is 7.53. The third-order valence-electron chi connectivity index (χ3n) is 5.28. The topological polar surface area (TPSA) is 84.0 Å². The molecule has 4 aromatic rings. The molecule has 32 heavy (non-hydrogen) atoms. The van der Waals surface area contributed by atoms with Crippen LogP contribution in [0.3, 0.4) is 0 Å². The maximum atomic E-state index is 13.2. The number of halogens is 1. The molecule has 4 rings (SSSR count). The number of hydrogen-bond donors (Lipinski definition) is 2. The van der Waals surface area contributed by atoms with Crippen molar-refractivity contribution in [2.24, 2.45) is 0 Å². The van der Waals surface area contributed by atoms with Crippen LogP contribution in [0.2, 0.25) is 0 Å². The van der Waals surface area contributed by atoms with Gasteiger partial charge >= 0.3 is 0 Å². The second kappa shape index (κ2) is 8.92. The number of anilines is 3. The van der Waals surface area contributed by atoms with Crippen LogP contribution in [-0.4, -0.2) is 18.4 Å². The summed E-state index contributed by atoms with van der Waals surface area (Å²) in [6.07, 6.45) is 1.04. The van der Waals surface area contributed by atoms with Crippen LogP contribution in [0.4, 0.5) is 21.7 Å². The maximum Gasteiger partial charge on any atom is 0.263 e. The molecule has 1 atom stereocenters.